The molecule has 0 aromatic carbocycles. The molecule has 0 saturated heterocycles. The largest absolute Gasteiger partial charge is 0.469 e. The molecule has 1 aliphatic rings. The SMILES string of the molecule is COC(=O)c1c(NC(=O)CSc2nnc(-c3ccoc3C)n2C)sc2c1CCC(C)C2. The molecule has 4 rings (SSSR count). The van der Waals surface area contributed by atoms with Crippen LogP contribution >= 0.6 is 23.1 Å². The molecule has 3 aromatic rings. The van der Waals surface area contributed by atoms with Gasteiger partial charge in [-0.05, 0) is 43.7 Å². The van der Waals surface area contributed by atoms with E-state index in [1.54, 1.807) is 6.26 Å². The number of carbonyl (C=O) groups is 2. The second-order valence-electron chi connectivity index (χ2n) is 7.64. The Hall–Kier alpha value is -2.59. The maximum Gasteiger partial charge on any atom is 0.341 e. The second-order valence-corrected chi connectivity index (χ2v) is 9.69. The molecule has 1 aliphatic carbocycles. The first-order chi connectivity index (χ1) is 14.9. The average molecular weight is 461 g/mol. The molecule has 0 aliphatic heterocycles. The lowest BCUT2D eigenvalue weighted by Crippen LogP contribution is -2.17. The van der Waals surface area contributed by atoms with Crippen LogP contribution < -0.4 is 5.32 Å². The summed E-state index contributed by atoms with van der Waals surface area (Å²) in [6.07, 6.45) is 4.39. The molecular formula is C21H24N4O4S2. The molecule has 1 unspecified atom stereocenters. The maximum atomic E-state index is 12.7. The molecule has 0 bridgehead atoms. The Balaban J connectivity index is 1.47. The van der Waals surface area contributed by atoms with E-state index in [2.05, 4.69) is 22.4 Å². The lowest BCUT2D eigenvalue weighted by atomic mass is 9.88. The number of methoxy groups -OCH3 is 1. The lowest BCUT2D eigenvalue weighted by Gasteiger charge is -2.18. The van der Waals surface area contributed by atoms with Crippen molar-refractivity contribution in [3.63, 3.8) is 0 Å². The molecule has 0 radical (unpaired) electrons. The van der Waals surface area contributed by atoms with Gasteiger partial charge < -0.3 is 19.0 Å². The van der Waals surface area contributed by atoms with E-state index in [0.717, 1.165) is 41.0 Å². The molecule has 3 heterocycles. The molecule has 1 N–H and O–H groups in total. The van der Waals surface area contributed by atoms with E-state index in [1.807, 2.05) is 24.6 Å². The first kappa shape index (κ1) is 21.6. The minimum absolute atomic E-state index is 0.149. The number of anilines is 1. The van der Waals surface area contributed by atoms with Gasteiger partial charge in [0.25, 0.3) is 0 Å². The van der Waals surface area contributed by atoms with Crippen LogP contribution in [0.4, 0.5) is 5.00 Å². The normalized spacial score (nSPS) is 15.5. The second kappa shape index (κ2) is 8.88. The van der Waals surface area contributed by atoms with Crippen LogP contribution in [-0.4, -0.2) is 39.5 Å². The van der Waals surface area contributed by atoms with Crippen molar-refractivity contribution in [2.24, 2.45) is 13.0 Å². The van der Waals surface area contributed by atoms with E-state index in [-0.39, 0.29) is 11.7 Å². The van der Waals surface area contributed by atoms with E-state index < -0.39 is 5.97 Å². The zero-order chi connectivity index (χ0) is 22.1. The molecule has 10 heteroatoms. The number of nitrogens with zero attached hydrogens (tertiary/aromatic N) is 3. The Labute approximate surface area is 188 Å². The van der Waals surface area contributed by atoms with E-state index >= 15 is 0 Å². The van der Waals surface area contributed by atoms with E-state index in [4.69, 9.17) is 9.15 Å². The summed E-state index contributed by atoms with van der Waals surface area (Å²) in [5.41, 5.74) is 2.39. The summed E-state index contributed by atoms with van der Waals surface area (Å²) >= 11 is 2.77. The van der Waals surface area contributed by atoms with Crippen molar-refractivity contribution in [1.29, 1.82) is 0 Å². The summed E-state index contributed by atoms with van der Waals surface area (Å²) in [5.74, 6) is 1.56. The highest BCUT2D eigenvalue weighted by Crippen LogP contribution is 2.40. The third kappa shape index (κ3) is 4.27. The summed E-state index contributed by atoms with van der Waals surface area (Å²) in [6, 6.07) is 1.84. The van der Waals surface area contributed by atoms with Gasteiger partial charge in [-0.3, -0.25) is 4.79 Å². The first-order valence-corrected chi connectivity index (χ1v) is 11.8. The number of rotatable bonds is 6. The van der Waals surface area contributed by atoms with Crippen molar-refractivity contribution < 1.29 is 18.7 Å². The number of furan rings is 1. The number of hydrogen-bond donors (Lipinski definition) is 1. The Bertz CT molecular complexity index is 1130. The van der Waals surface area contributed by atoms with Crippen LogP contribution in [0.5, 0.6) is 0 Å². The molecule has 164 valence electrons. The smallest absolute Gasteiger partial charge is 0.341 e. The van der Waals surface area contributed by atoms with E-state index in [9.17, 15) is 9.59 Å². The maximum absolute atomic E-state index is 12.7. The van der Waals surface area contributed by atoms with Crippen molar-refractivity contribution in [2.45, 2.75) is 38.3 Å². The summed E-state index contributed by atoms with van der Waals surface area (Å²) < 4.78 is 12.2. The number of fused-ring (bicyclic) bond motifs is 1. The minimum Gasteiger partial charge on any atom is -0.469 e. The number of esters is 1. The van der Waals surface area contributed by atoms with Crippen LogP contribution in [0, 0.1) is 12.8 Å². The van der Waals surface area contributed by atoms with E-state index in [1.165, 1.54) is 30.2 Å². The van der Waals surface area contributed by atoms with Gasteiger partial charge in [0.15, 0.2) is 11.0 Å². The molecule has 0 spiro atoms. The average Bonchev–Trinajstić information content (AvgIpc) is 3.42. The molecule has 31 heavy (non-hydrogen) atoms. The van der Waals surface area contributed by atoms with Gasteiger partial charge in [-0.1, -0.05) is 18.7 Å². The van der Waals surface area contributed by atoms with Gasteiger partial charge >= 0.3 is 5.97 Å². The molecule has 3 aromatic heterocycles. The first-order valence-electron chi connectivity index (χ1n) is 9.98. The van der Waals surface area contributed by atoms with Gasteiger partial charge in [0, 0.05) is 11.9 Å². The van der Waals surface area contributed by atoms with E-state index in [0.29, 0.717) is 27.5 Å². The standard InChI is InChI=1S/C21H24N4O4S2/c1-11-5-6-14-15(9-11)31-19(17(14)20(27)28-4)22-16(26)10-30-21-24-23-18(25(21)3)13-7-8-29-12(13)2/h7-8,11H,5-6,9-10H2,1-4H3,(H,22,26). The number of thioether (sulfide) groups is 1. The minimum atomic E-state index is -0.400. The fourth-order valence-electron chi connectivity index (χ4n) is 3.74. The van der Waals surface area contributed by atoms with Crippen molar-refractivity contribution >= 4 is 40.0 Å². The Kier molecular flexibility index (Phi) is 6.19. The van der Waals surface area contributed by atoms with Crippen LogP contribution in [0.25, 0.3) is 11.4 Å². The van der Waals surface area contributed by atoms with Crippen LogP contribution in [0.15, 0.2) is 21.9 Å². The quantitative estimate of drug-likeness (QED) is 0.437. The summed E-state index contributed by atoms with van der Waals surface area (Å²) in [5, 5.41) is 12.5. The number of hydrogen-bond acceptors (Lipinski definition) is 8. The topological polar surface area (TPSA) is 99.2 Å². The molecule has 8 nitrogen and oxygen atoms in total. The van der Waals surface area contributed by atoms with Crippen molar-refractivity contribution in [1.82, 2.24) is 14.8 Å². The number of amides is 1. The van der Waals surface area contributed by atoms with Gasteiger partial charge in [-0.2, -0.15) is 0 Å². The number of aromatic nitrogens is 3. The fraction of sp³-hybridized carbons (Fsp3) is 0.429. The third-order valence-corrected chi connectivity index (χ3v) is 7.61. The summed E-state index contributed by atoms with van der Waals surface area (Å²) in [6.45, 7) is 4.07. The molecule has 1 atom stereocenters. The predicted octanol–water partition coefficient (Wildman–Crippen LogP) is 4.09. The summed E-state index contributed by atoms with van der Waals surface area (Å²) in [7, 11) is 3.22. The molecule has 1 amide bonds. The van der Waals surface area contributed by atoms with Crippen LogP contribution in [0.1, 0.15) is 39.9 Å². The number of thiophene rings is 1. The Morgan fingerprint density at radius 1 is 1.42 bits per heavy atom. The number of ether oxygens (including phenoxy) is 1. The molecule has 0 saturated carbocycles. The lowest BCUT2D eigenvalue weighted by molar-refractivity contribution is -0.113. The van der Waals surface area contributed by atoms with Crippen molar-refractivity contribution in [2.75, 3.05) is 18.2 Å². The molecular weight excluding hydrogens is 436 g/mol. The van der Waals surface area contributed by atoms with Crippen LogP contribution in [0.3, 0.4) is 0 Å². The zero-order valence-electron chi connectivity index (χ0n) is 17.9. The third-order valence-electron chi connectivity index (χ3n) is 5.42. The summed E-state index contributed by atoms with van der Waals surface area (Å²) in [4.78, 5) is 26.2. The molecule has 0 fully saturated rings. The van der Waals surface area contributed by atoms with Crippen LogP contribution in [0.2, 0.25) is 0 Å². The van der Waals surface area contributed by atoms with Gasteiger partial charge in [-0.25, -0.2) is 4.79 Å². The zero-order valence-corrected chi connectivity index (χ0v) is 19.5. The fourth-order valence-corrected chi connectivity index (χ4v) is 5.87. The highest BCUT2D eigenvalue weighted by atomic mass is 32.2. The van der Waals surface area contributed by atoms with Gasteiger partial charge in [0.05, 0.1) is 30.3 Å². The van der Waals surface area contributed by atoms with Crippen molar-refractivity contribution in [3.05, 3.63) is 34.1 Å². The van der Waals surface area contributed by atoms with Crippen molar-refractivity contribution in [3.8, 4) is 11.4 Å². The van der Waals surface area contributed by atoms with Gasteiger partial charge in [0.1, 0.15) is 10.8 Å². The predicted molar refractivity (Wildman–Crippen MR) is 120 cm³/mol. The van der Waals surface area contributed by atoms with Gasteiger partial charge in [0.2, 0.25) is 5.91 Å². The Morgan fingerprint density at radius 3 is 2.94 bits per heavy atom. The highest BCUT2D eigenvalue weighted by Gasteiger charge is 2.29. The number of nitrogens with one attached hydrogen (secondary N) is 1. The number of carbonyl (C=O) groups excluding carboxylic acids is 2. The Morgan fingerprint density at radius 2 is 2.23 bits per heavy atom. The monoisotopic (exact) mass is 460 g/mol. The van der Waals surface area contributed by atoms with Crippen LogP contribution in [-0.2, 0) is 29.4 Å². The highest BCUT2D eigenvalue weighted by molar-refractivity contribution is 7.99. The number of aryl methyl sites for hydroxylation is 1. The van der Waals surface area contributed by atoms with Gasteiger partial charge in [-0.15, -0.1) is 21.5 Å².